The van der Waals surface area contributed by atoms with Crippen molar-refractivity contribution in [3.8, 4) is 0 Å². The number of carbonyl (C=O) groups is 1. The molecule has 0 aromatic heterocycles. The lowest BCUT2D eigenvalue weighted by Crippen LogP contribution is -2.41. The van der Waals surface area contributed by atoms with Crippen LogP contribution < -0.4 is 4.90 Å². The third-order valence-electron chi connectivity index (χ3n) is 3.12. The van der Waals surface area contributed by atoms with Crippen LogP contribution in [0.2, 0.25) is 0 Å². The Balaban J connectivity index is 3.21. The molecule has 0 aliphatic carbocycles. The summed E-state index contributed by atoms with van der Waals surface area (Å²) in [7, 11) is 0. The van der Waals surface area contributed by atoms with Crippen LogP contribution in [-0.4, -0.2) is 23.7 Å². The van der Waals surface area contributed by atoms with E-state index in [2.05, 4.69) is 0 Å². The number of rotatable bonds is 5. The van der Waals surface area contributed by atoms with Gasteiger partial charge in [0.25, 0.3) is 0 Å². The molecule has 1 aromatic carbocycles. The van der Waals surface area contributed by atoms with E-state index < -0.39 is 12.0 Å². The van der Waals surface area contributed by atoms with Gasteiger partial charge in [0.15, 0.2) is 0 Å². The maximum atomic E-state index is 11.3. The number of anilines is 1. The third-order valence-corrected chi connectivity index (χ3v) is 3.12. The van der Waals surface area contributed by atoms with E-state index in [4.69, 9.17) is 0 Å². The number of carboxylic acids is 1. The second-order valence-electron chi connectivity index (χ2n) is 4.29. The number of para-hydroxylation sites is 1. The van der Waals surface area contributed by atoms with Crippen LogP contribution in [0, 0.1) is 13.8 Å². The topological polar surface area (TPSA) is 40.5 Å². The first-order chi connectivity index (χ1) is 8.02. The van der Waals surface area contributed by atoms with Crippen LogP contribution in [0.5, 0.6) is 0 Å². The average Bonchev–Trinajstić information content (AvgIpc) is 2.27. The van der Waals surface area contributed by atoms with Crippen molar-refractivity contribution in [2.45, 2.75) is 40.2 Å². The van der Waals surface area contributed by atoms with E-state index in [0.717, 1.165) is 16.8 Å². The summed E-state index contributed by atoms with van der Waals surface area (Å²) in [5, 5.41) is 9.28. The Morgan fingerprint density at radius 3 is 2.18 bits per heavy atom. The Kier molecular flexibility index (Phi) is 4.55. The zero-order valence-electron chi connectivity index (χ0n) is 11.0. The molecule has 0 heterocycles. The quantitative estimate of drug-likeness (QED) is 0.853. The van der Waals surface area contributed by atoms with E-state index >= 15 is 0 Å². The normalized spacial score (nSPS) is 12.2. The molecule has 1 unspecified atom stereocenters. The SMILES string of the molecule is CCC(C(=O)O)N(CC)c1c(C)cccc1C. The van der Waals surface area contributed by atoms with Crippen molar-refractivity contribution in [3.05, 3.63) is 29.3 Å². The van der Waals surface area contributed by atoms with Gasteiger partial charge in [0.2, 0.25) is 0 Å². The zero-order valence-corrected chi connectivity index (χ0v) is 11.0. The number of likely N-dealkylation sites (N-methyl/N-ethyl adjacent to an activating group) is 1. The Morgan fingerprint density at radius 1 is 1.29 bits per heavy atom. The number of aliphatic carboxylic acids is 1. The highest BCUT2D eigenvalue weighted by Gasteiger charge is 2.24. The van der Waals surface area contributed by atoms with E-state index in [0.29, 0.717) is 13.0 Å². The van der Waals surface area contributed by atoms with Gasteiger partial charge in [0.05, 0.1) is 0 Å². The predicted octanol–water partition coefficient (Wildman–Crippen LogP) is 2.99. The van der Waals surface area contributed by atoms with Gasteiger partial charge in [-0.25, -0.2) is 4.79 Å². The van der Waals surface area contributed by atoms with Gasteiger partial charge in [-0.2, -0.15) is 0 Å². The minimum atomic E-state index is -0.753. The van der Waals surface area contributed by atoms with Gasteiger partial charge in [-0.1, -0.05) is 25.1 Å². The highest BCUT2D eigenvalue weighted by Crippen LogP contribution is 2.27. The lowest BCUT2D eigenvalue weighted by Gasteiger charge is -2.31. The second kappa shape index (κ2) is 5.71. The molecular weight excluding hydrogens is 214 g/mol. The van der Waals surface area contributed by atoms with E-state index in [1.54, 1.807) is 0 Å². The van der Waals surface area contributed by atoms with Crippen LogP contribution in [0.4, 0.5) is 5.69 Å². The van der Waals surface area contributed by atoms with Gasteiger partial charge in [-0.15, -0.1) is 0 Å². The molecular formula is C14H21NO2. The molecule has 0 saturated carbocycles. The van der Waals surface area contributed by atoms with E-state index in [1.165, 1.54) is 0 Å². The molecule has 3 heteroatoms. The number of benzene rings is 1. The predicted molar refractivity (Wildman–Crippen MR) is 70.7 cm³/mol. The Morgan fingerprint density at radius 2 is 1.82 bits per heavy atom. The van der Waals surface area contributed by atoms with Gasteiger partial charge >= 0.3 is 5.97 Å². The van der Waals surface area contributed by atoms with Crippen molar-refractivity contribution < 1.29 is 9.90 Å². The summed E-state index contributed by atoms with van der Waals surface area (Å²) in [5.41, 5.74) is 3.32. The number of carboxylic acid groups (broad SMARTS) is 1. The summed E-state index contributed by atoms with van der Waals surface area (Å²) >= 11 is 0. The van der Waals surface area contributed by atoms with Crippen molar-refractivity contribution in [2.24, 2.45) is 0 Å². The van der Waals surface area contributed by atoms with Crippen molar-refractivity contribution in [1.82, 2.24) is 0 Å². The fourth-order valence-electron chi connectivity index (χ4n) is 2.32. The maximum Gasteiger partial charge on any atom is 0.326 e. The zero-order chi connectivity index (χ0) is 13.0. The van der Waals surface area contributed by atoms with Gasteiger partial charge in [0.1, 0.15) is 6.04 Å². The molecule has 1 aromatic rings. The first-order valence-electron chi connectivity index (χ1n) is 6.08. The molecule has 0 radical (unpaired) electrons. The van der Waals surface area contributed by atoms with Crippen molar-refractivity contribution in [1.29, 1.82) is 0 Å². The number of hydrogen-bond donors (Lipinski definition) is 1. The number of nitrogens with zero attached hydrogens (tertiary/aromatic N) is 1. The molecule has 1 N–H and O–H groups in total. The molecule has 0 fully saturated rings. The molecule has 17 heavy (non-hydrogen) atoms. The second-order valence-corrected chi connectivity index (χ2v) is 4.29. The Bertz CT molecular complexity index is 381. The summed E-state index contributed by atoms with van der Waals surface area (Å²) < 4.78 is 0. The molecule has 0 spiro atoms. The minimum Gasteiger partial charge on any atom is -0.480 e. The largest absolute Gasteiger partial charge is 0.480 e. The molecule has 3 nitrogen and oxygen atoms in total. The molecule has 0 aliphatic rings. The average molecular weight is 235 g/mol. The highest BCUT2D eigenvalue weighted by molar-refractivity contribution is 5.79. The van der Waals surface area contributed by atoms with Gasteiger partial charge in [-0.3, -0.25) is 0 Å². The summed E-state index contributed by atoms with van der Waals surface area (Å²) in [6.45, 7) is 8.67. The van der Waals surface area contributed by atoms with Crippen LogP contribution in [-0.2, 0) is 4.79 Å². The van der Waals surface area contributed by atoms with Crippen molar-refractivity contribution in [2.75, 3.05) is 11.4 Å². The van der Waals surface area contributed by atoms with Crippen LogP contribution in [0.15, 0.2) is 18.2 Å². The third kappa shape index (κ3) is 2.78. The first kappa shape index (κ1) is 13.6. The number of aryl methyl sites for hydroxylation is 2. The molecule has 0 saturated heterocycles. The summed E-state index contributed by atoms with van der Waals surface area (Å²) in [4.78, 5) is 13.3. The summed E-state index contributed by atoms with van der Waals surface area (Å²) in [6.07, 6.45) is 0.608. The molecule has 0 amide bonds. The fraction of sp³-hybridized carbons (Fsp3) is 0.500. The molecule has 1 rings (SSSR count). The van der Waals surface area contributed by atoms with E-state index in [-0.39, 0.29) is 0 Å². The molecule has 1 atom stereocenters. The molecule has 0 bridgehead atoms. The standard InChI is InChI=1S/C14H21NO2/c1-5-12(14(16)17)15(6-2)13-10(3)8-7-9-11(13)4/h7-9,12H,5-6H2,1-4H3,(H,16,17). The van der Waals surface area contributed by atoms with E-state index in [9.17, 15) is 9.90 Å². The van der Waals surface area contributed by atoms with Crippen LogP contribution in [0.1, 0.15) is 31.4 Å². The lowest BCUT2D eigenvalue weighted by molar-refractivity contribution is -0.138. The molecule has 94 valence electrons. The monoisotopic (exact) mass is 235 g/mol. The molecule has 0 aliphatic heterocycles. The fourth-order valence-corrected chi connectivity index (χ4v) is 2.32. The maximum absolute atomic E-state index is 11.3. The Labute approximate surface area is 103 Å². The highest BCUT2D eigenvalue weighted by atomic mass is 16.4. The van der Waals surface area contributed by atoms with Gasteiger partial charge in [0, 0.05) is 12.2 Å². The van der Waals surface area contributed by atoms with Gasteiger partial charge < -0.3 is 10.0 Å². The summed E-state index contributed by atoms with van der Waals surface area (Å²) in [6, 6.07) is 5.61. The van der Waals surface area contributed by atoms with Crippen molar-refractivity contribution in [3.63, 3.8) is 0 Å². The first-order valence-corrected chi connectivity index (χ1v) is 6.08. The minimum absolute atomic E-state index is 0.445. The van der Waals surface area contributed by atoms with Crippen LogP contribution in [0.3, 0.4) is 0 Å². The lowest BCUT2D eigenvalue weighted by atomic mass is 10.0. The van der Waals surface area contributed by atoms with Gasteiger partial charge in [-0.05, 0) is 38.3 Å². The number of hydrogen-bond acceptors (Lipinski definition) is 2. The Hall–Kier alpha value is -1.51. The van der Waals surface area contributed by atoms with Crippen LogP contribution >= 0.6 is 0 Å². The summed E-state index contributed by atoms with van der Waals surface area (Å²) in [5.74, 6) is -0.753. The van der Waals surface area contributed by atoms with Crippen molar-refractivity contribution >= 4 is 11.7 Å². The van der Waals surface area contributed by atoms with E-state index in [1.807, 2.05) is 50.8 Å². The smallest absolute Gasteiger partial charge is 0.326 e. The van der Waals surface area contributed by atoms with Crippen LogP contribution in [0.25, 0.3) is 0 Å².